The molecule has 21 heavy (non-hydrogen) atoms. The van der Waals surface area contributed by atoms with E-state index in [-0.39, 0.29) is 0 Å². The molecule has 118 valence electrons. The molecule has 0 saturated heterocycles. The minimum absolute atomic E-state index is 0.328. The molecule has 0 bridgehead atoms. The Labute approximate surface area is 128 Å². The van der Waals surface area contributed by atoms with Crippen LogP contribution in [-0.4, -0.2) is 52.0 Å². The molecule has 1 fully saturated rings. The van der Waals surface area contributed by atoms with Crippen molar-refractivity contribution >= 4 is 5.69 Å². The number of methoxy groups -OCH3 is 2. The van der Waals surface area contributed by atoms with Crippen LogP contribution in [-0.2, 0) is 14.9 Å². The van der Waals surface area contributed by atoms with Crippen LogP contribution in [0.25, 0.3) is 0 Å². The number of nitrogens with two attached hydrogens (primary N) is 1. The topological polar surface area (TPSA) is 47.7 Å². The average Bonchev–Trinajstić information content (AvgIpc) is 3.26. The van der Waals surface area contributed by atoms with Crippen LogP contribution in [0.1, 0.15) is 24.8 Å². The molecule has 0 radical (unpaired) electrons. The fraction of sp³-hybridized carbons (Fsp3) is 0.647. The van der Waals surface area contributed by atoms with E-state index in [0.29, 0.717) is 5.41 Å². The predicted octanol–water partition coefficient (Wildman–Crippen LogP) is 2.29. The zero-order valence-corrected chi connectivity index (χ0v) is 13.3. The molecule has 0 unspecified atom stereocenters. The van der Waals surface area contributed by atoms with Crippen LogP contribution in [0, 0.1) is 0 Å². The lowest BCUT2D eigenvalue weighted by atomic mass is 9.95. The third-order valence-electron chi connectivity index (χ3n) is 4.34. The van der Waals surface area contributed by atoms with Gasteiger partial charge in [0.2, 0.25) is 0 Å². The van der Waals surface area contributed by atoms with Crippen molar-refractivity contribution in [3.8, 4) is 0 Å². The van der Waals surface area contributed by atoms with E-state index in [1.165, 1.54) is 18.4 Å². The SMILES string of the molecule is COCCCN(CCOC)CC1(c2ccc(N)cc2)CC1. The van der Waals surface area contributed by atoms with Crippen molar-refractivity contribution in [3.63, 3.8) is 0 Å². The number of benzene rings is 1. The number of hydrogen-bond donors (Lipinski definition) is 1. The molecule has 4 heteroatoms. The van der Waals surface area contributed by atoms with Gasteiger partial charge in [0, 0.05) is 51.6 Å². The minimum Gasteiger partial charge on any atom is -0.399 e. The molecule has 0 aliphatic heterocycles. The molecule has 1 saturated carbocycles. The Morgan fingerprint density at radius 2 is 1.71 bits per heavy atom. The van der Waals surface area contributed by atoms with Gasteiger partial charge in [-0.15, -0.1) is 0 Å². The molecule has 0 heterocycles. The number of anilines is 1. The Morgan fingerprint density at radius 1 is 1.05 bits per heavy atom. The number of nitrogens with zero attached hydrogens (tertiary/aromatic N) is 1. The summed E-state index contributed by atoms with van der Waals surface area (Å²) in [6.45, 7) is 4.75. The van der Waals surface area contributed by atoms with Crippen molar-refractivity contribution in [2.75, 3.05) is 52.8 Å². The zero-order chi connectivity index (χ0) is 15.1. The normalized spacial score (nSPS) is 16.3. The molecule has 2 rings (SSSR count). The summed E-state index contributed by atoms with van der Waals surface area (Å²) in [6.07, 6.45) is 3.60. The molecule has 0 amide bonds. The van der Waals surface area contributed by atoms with Gasteiger partial charge in [-0.05, 0) is 37.0 Å². The second-order valence-electron chi connectivity index (χ2n) is 6.02. The molecule has 0 aromatic heterocycles. The van der Waals surface area contributed by atoms with E-state index in [0.717, 1.165) is 45.0 Å². The molecule has 0 atom stereocenters. The van der Waals surface area contributed by atoms with Crippen molar-refractivity contribution in [1.29, 1.82) is 0 Å². The zero-order valence-electron chi connectivity index (χ0n) is 13.3. The first-order valence-corrected chi connectivity index (χ1v) is 7.76. The molecule has 1 aliphatic carbocycles. The first kappa shape index (κ1) is 16.3. The minimum atomic E-state index is 0.328. The van der Waals surface area contributed by atoms with Gasteiger partial charge in [0.05, 0.1) is 6.61 Å². The number of hydrogen-bond acceptors (Lipinski definition) is 4. The van der Waals surface area contributed by atoms with Crippen LogP contribution in [0.4, 0.5) is 5.69 Å². The van der Waals surface area contributed by atoms with Crippen molar-refractivity contribution < 1.29 is 9.47 Å². The average molecular weight is 292 g/mol. The molecule has 2 N–H and O–H groups in total. The highest BCUT2D eigenvalue weighted by atomic mass is 16.5. The summed E-state index contributed by atoms with van der Waals surface area (Å²) in [4.78, 5) is 2.51. The highest BCUT2D eigenvalue weighted by Crippen LogP contribution is 2.48. The fourth-order valence-electron chi connectivity index (χ4n) is 2.88. The smallest absolute Gasteiger partial charge is 0.0589 e. The molecular formula is C17H28N2O2. The van der Waals surface area contributed by atoms with Crippen molar-refractivity contribution in [2.24, 2.45) is 0 Å². The van der Waals surface area contributed by atoms with Crippen molar-refractivity contribution in [2.45, 2.75) is 24.7 Å². The summed E-state index contributed by atoms with van der Waals surface area (Å²) < 4.78 is 10.4. The second-order valence-corrected chi connectivity index (χ2v) is 6.02. The Bertz CT molecular complexity index is 415. The summed E-state index contributed by atoms with van der Waals surface area (Å²) in [5.74, 6) is 0. The van der Waals surface area contributed by atoms with E-state index in [1.54, 1.807) is 14.2 Å². The van der Waals surface area contributed by atoms with Crippen LogP contribution in [0.15, 0.2) is 24.3 Å². The highest BCUT2D eigenvalue weighted by molar-refractivity contribution is 5.43. The van der Waals surface area contributed by atoms with E-state index in [1.807, 2.05) is 12.1 Å². The predicted molar refractivity (Wildman–Crippen MR) is 86.6 cm³/mol. The largest absolute Gasteiger partial charge is 0.399 e. The lowest BCUT2D eigenvalue weighted by Gasteiger charge is -2.27. The Hall–Kier alpha value is -1.10. The van der Waals surface area contributed by atoms with E-state index >= 15 is 0 Å². The Kier molecular flexibility index (Phi) is 6.03. The lowest BCUT2D eigenvalue weighted by molar-refractivity contribution is 0.127. The standard InChI is InChI=1S/C17H28N2O2/c1-20-12-3-10-19(11-13-21-2)14-17(8-9-17)15-4-6-16(18)7-5-15/h4-7H,3,8-14,18H2,1-2H3. The molecule has 1 aliphatic rings. The third-order valence-corrected chi connectivity index (χ3v) is 4.34. The van der Waals surface area contributed by atoms with Crippen LogP contribution in [0.2, 0.25) is 0 Å². The van der Waals surface area contributed by atoms with Gasteiger partial charge in [-0.3, -0.25) is 0 Å². The van der Waals surface area contributed by atoms with E-state index < -0.39 is 0 Å². The summed E-state index contributed by atoms with van der Waals surface area (Å²) in [5, 5.41) is 0. The second kappa shape index (κ2) is 7.78. The molecular weight excluding hydrogens is 264 g/mol. The van der Waals surface area contributed by atoms with Gasteiger partial charge < -0.3 is 20.1 Å². The van der Waals surface area contributed by atoms with Crippen molar-refractivity contribution in [1.82, 2.24) is 4.90 Å². The van der Waals surface area contributed by atoms with E-state index in [4.69, 9.17) is 15.2 Å². The number of nitrogen functional groups attached to an aromatic ring is 1. The first-order chi connectivity index (χ1) is 10.2. The van der Waals surface area contributed by atoms with Gasteiger partial charge in [0.15, 0.2) is 0 Å². The van der Waals surface area contributed by atoms with Gasteiger partial charge in [-0.25, -0.2) is 0 Å². The summed E-state index contributed by atoms with van der Waals surface area (Å²) in [5.41, 5.74) is 8.39. The Morgan fingerprint density at radius 3 is 2.29 bits per heavy atom. The van der Waals surface area contributed by atoms with Gasteiger partial charge >= 0.3 is 0 Å². The molecule has 1 aromatic rings. The van der Waals surface area contributed by atoms with E-state index in [2.05, 4.69) is 17.0 Å². The third kappa shape index (κ3) is 4.70. The molecule has 0 spiro atoms. The number of ether oxygens (including phenoxy) is 2. The van der Waals surface area contributed by atoms with Crippen LogP contribution < -0.4 is 5.73 Å². The van der Waals surface area contributed by atoms with Crippen molar-refractivity contribution in [3.05, 3.63) is 29.8 Å². The van der Waals surface area contributed by atoms with E-state index in [9.17, 15) is 0 Å². The van der Waals surface area contributed by atoms with Gasteiger partial charge in [0.1, 0.15) is 0 Å². The maximum Gasteiger partial charge on any atom is 0.0589 e. The van der Waals surface area contributed by atoms with Crippen LogP contribution in [0.5, 0.6) is 0 Å². The van der Waals surface area contributed by atoms with Gasteiger partial charge in [-0.2, -0.15) is 0 Å². The maximum absolute atomic E-state index is 5.80. The van der Waals surface area contributed by atoms with Gasteiger partial charge in [-0.1, -0.05) is 12.1 Å². The quantitative estimate of drug-likeness (QED) is 0.531. The maximum atomic E-state index is 5.80. The number of rotatable bonds is 10. The fourth-order valence-corrected chi connectivity index (χ4v) is 2.88. The Balaban J connectivity index is 1.95. The molecule has 4 nitrogen and oxygen atoms in total. The lowest BCUT2D eigenvalue weighted by Crippen LogP contribution is -2.36. The highest BCUT2D eigenvalue weighted by Gasteiger charge is 2.45. The van der Waals surface area contributed by atoms with Crippen LogP contribution >= 0.6 is 0 Å². The monoisotopic (exact) mass is 292 g/mol. The first-order valence-electron chi connectivity index (χ1n) is 7.76. The summed E-state index contributed by atoms with van der Waals surface area (Å²) >= 11 is 0. The summed E-state index contributed by atoms with van der Waals surface area (Å²) in [7, 11) is 3.52. The van der Waals surface area contributed by atoms with Gasteiger partial charge in [0.25, 0.3) is 0 Å². The summed E-state index contributed by atoms with van der Waals surface area (Å²) in [6, 6.07) is 8.40. The van der Waals surface area contributed by atoms with Crippen LogP contribution in [0.3, 0.4) is 0 Å². The molecule has 1 aromatic carbocycles.